The molecule has 0 unspecified atom stereocenters. The summed E-state index contributed by atoms with van der Waals surface area (Å²) in [4.78, 5) is 12.7. The normalized spacial score (nSPS) is 34.0. The van der Waals surface area contributed by atoms with Crippen LogP contribution in [0.1, 0.15) is 58.4 Å². The number of rotatable bonds is 5. The van der Waals surface area contributed by atoms with Gasteiger partial charge in [-0.2, -0.15) is 0 Å². The topological polar surface area (TPSA) is 55.8 Å². The lowest BCUT2D eigenvalue weighted by Crippen LogP contribution is -2.49. The number of ether oxygens (including phenoxy) is 2. The predicted octanol–water partition coefficient (Wildman–Crippen LogP) is 3.89. The Morgan fingerprint density at radius 2 is 2.04 bits per heavy atom. The van der Waals surface area contributed by atoms with Crippen LogP contribution in [0.2, 0.25) is 0 Å². The largest absolute Gasteiger partial charge is 0.497 e. The molecule has 1 N–H and O–H groups in total. The zero-order chi connectivity index (χ0) is 18.3. The molecule has 0 amide bonds. The van der Waals surface area contributed by atoms with Crippen molar-refractivity contribution in [2.24, 2.45) is 10.8 Å². The standard InChI is InChI=1S/C21H30O4/c1-19(2)14-17-20(3,18(19)22)11-12-21(23,25-17)10-6-8-15-7-5-9-16(13-15)24-4/h5,7,9,13,17,23H,6,8,10-12,14H2,1-4H3/t17-,20-,21+/m1/s1. The first kappa shape index (κ1) is 18.4. The molecule has 4 heteroatoms. The number of ketones is 1. The van der Waals surface area contributed by atoms with Gasteiger partial charge in [0.1, 0.15) is 11.5 Å². The fourth-order valence-corrected chi connectivity index (χ4v) is 4.51. The molecule has 1 aliphatic carbocycles. The fourth-order valence-electron chi connectivity index (χ4n) is 4.51. The number of methoxy groups -OCH3 is 1. The Balaban J connectivity index is 1.60. The van der Waals surface area contributed by atoms with Crippen LogP contribution in [0.15, 0.2) is 24.3 Å². The predicted molar refractivity (Wildman–Crippen MR) is 96.5 cm³/mol. The van der Waals surface area contributed by atoms with Gasteiger partial charge in [-0.3, -0.25) is 4.79 Å². The van der Waals surface area contributed by atoms with Crippen molar-refractivity contribution in [2.75, 3.05) is 7.11 Å². The Hall–Kier alpha value is -1.39. The Labute approximate surface area is 150 Å². The fraction of sp³-hybridized carbons (Fsp3) is 0.667. The van der Waals surface area contributed by atoms with Gasteiger partial charge in [0.25, 0.3) is 0 Å². The summed E-state index contributed by atoms with van der Waals surface area (Å²) in [6, 6.07) is 8.02. The number of hydrogen-bond acceptors (Lipinski definition) is 4. The molecule has 0 bridgehead atoms. The van der Waals surface area contributed by atoms with Crippen LogP contribution in [0.3, 0.4) is 0 Å². The summed E-state index contributed by atoms with van der Waals surface area (Å²) in [5.41, 5.74) is 0.397. The van der Waals surface area contributed by atoms with Gasteiger partial charge in [0.15, 0.2) is 5.79 Å². The van der Waals surface area contributed by atoms with Gasteiger partial charge in [-0.1, -0.05) is 32.9 Å². The van der Waals surface area contributed by atoms with Crippen LogP contribution >= 0.6 is 0 Å². The number of hydrogen-bond donors (Lipinski definition) is 1. The maximum atomic E-state index is 12.7. The molecule has 3 rings (SSSR count). The smallest absolute Gasteiger partial charge is 0.165 e. The summed E-state index contributed by atoms with van der Waals surface area (Å²) in [6.45, 7) is 5.98. The summed E-state index contributed by atoms with van der Waals surface area (Å²) in [7, 11) is 1.67. The van der Waals surface area contributed by atoms with Crippen LogP contribution in [0, 0.1) is 10.8 Å². The summed E-state index contributed by atoms with van der Waals surface area (Å²) in [6.07, 6.45) is 4.05. The Bertz CT molecular complexity index is 653. The van der Waals surface area contributed by atoms with Gasteiger partial charge in [0.05, 0.1) is 18.6 Å². The van der Waals surface area contributed by atoms with Crippen molar-refractivity contribution >= 4 is 5.78 Å². The number of aliphatic hydroxyl groups is 1. The molecule has 0 aromatic heterocycles. The highest BCUT2D eigenvalue weighted by Gasteiger charge is 2.60. The first-order valence-electron chi connectivity index (χ1n) is 9.27. The molecular weight excluding hydrogens is 316 g/mol. The lowest BCUT2D eigenvalue weighted by molar-refractivity contribution is -0.278. The van der Waals surface area contributed by atoms with Gasteiger partial charge in [0, 0.05) is 18.3 Å². The average Bonchev–Trinajstić information content (AvgIpc) is 2.74. The number of fused-ring (bicyclic) bond motifs is 1. The number of aryl methyl sites for hydroxylation is 1. The van der Waals surface area contributed by atoms with Gasteiger partial charge in [-0.05, 0) is 43.4 Å². The SMILES string of the molecule is COc1cccc(CCC[C@@]2(O)CC[C@@]3(C)C(=O)C(C)(C)C[C@H]3O2)c1. The van der Waals surface area contributed by atoms with Gasteiger partial charge < -0.3 is 14.6 Å². The molecule has 3 atom stereocenters. The van der Waals surface area contributed by atoms with Crippen molar-refractivity contribution in [3.63, 3.8) is 0 Å². The Morgan fingerprint density at radius 3 is 2.76 bits per heavy atom. The second kappa shape index (κ2) is 6.40. The van der Waals surface area contributed by atoms with E-state index in [0.29, 0.717) is 25.7 Å². The monoisotopic (exact) mass is 346 g/mol. The van der Waals surface area contributed by atoms with Crippen LogP contribution < -0.4 is 4.74 Å². The zero-order valence-electron chi connectivity index (χ0n) is 15.8. The van der Waals surface area contributed by atoms with Gasteiger partial charge in [-0.15, -0.1) is 0 Å². The van der Waals surface area contributed by atoms with Crippen LogP contribution in [0.5, 0.6) is 5.75 Å². The number of Topliss-reactive ketones (excluding diaryl/α,β-unsaturated/α-hetero) is 1. The van der Waals surface area contributed by atoms with E-state index >= 15 is 0 Å². The highest BCUT2D eigenvalue weighted by molar-refractivity contribution is 5.92. The van der Waals surface area contributed by atoms with Crippen molar-refractivity contribution < 1.29 is 19.4 Å². The molecule has 1 aromatic carbocycles. The number of benzene rings is 1. The molecule has 1 saturated heterocycles. The number of carbonyl (C=O) groups excluding carboxylic acids is 1. The van der Waals surface area contributed by atoms with Gasteiger partial charge in [-0.25, -0.2) is 0 Å². The van der Waals surface area contributed by atoms with E-state index in [1.165, 1.54) is 5.56 Å². The molecule has 138 valence electrons. The molecule has 2 aliphatic rings. The molecule has 1 aromatic rings. The highest BCUT2D eigenvalue weighted by atomic mass is 16.6. The summed E-state index contributed by atoms with van der Waals surface area (Å²) >= 11 is 0. The molecule has 1 heterocycles. The minimum absolute atomic E-state index is 0.175. The van der Waals surface area contributed by atoms with Crippen LogP contribution in [-0.2, 0) is 16.0 Å². The lowest BCUT2D eigenvalue weighted by Gasteiger charge is -2.44. The third kappa shape index (κ3) is 3.47. The van der Waals surface area contributed by atoms with Crippen molar-refractivity contribution in [3.05, 3.63) is 29.8 Å². The molecule has 0 radical (unpaired) electrons. The quantitative estimate of drug-likeness (QED) is 0.879. The average molecular weight is 346 g/mol. The Morgan fingerprint density at radius 1 is 1.28 bits per heavy atom. The molecule has 0 spiro atoms. The van der Waals surface area contributed by atoms with E-state index in [2.05, 4.69) is 6.07 Å². The van der Waals surface area contributed by atoms with E-state index in [9.17, 15) is 9.90 Å². The lowest BCUT2D eigenvalue weighted by atomic mass is 9.74. The van der Waals surface area contributed by atoms with E-state index in [0.717, 1.165) is 18.6 Å². The molecule has 1 saturated carbocycles. The second-order valence-electron chi connectivity index (χ2n) is 8.59. The maximum absolute atomic E-state index is 12.7. The number of carbonyl (C=O) groups is 1. The van der Waals surface area contributed by atoms with E-state index in [4.69, 9.17) is 9.47 Å². The third-order valence-electron chi connectivity index (χ3n) is 6.10. The summed E-state index contributed by atoms with van der Waals surface area (Å²) < 4.78 is 11.4. The first-order valence-corrected chi connectivity index (χ1v) is 9.27. The van der Waals surface area contributed by atoms with Crippen molar-refractivity contribution in [2.45, 2.75) is 71.2 Å². The van der Waals surface area contributed by atoms with Crippen molar-refractivity contribution in [3.8, 4) is 5.75 Å². The highest BCUT2D eigenvalue weighted by Crippen LogP contribution is 2.54. The second-order valence-corrected chi connectivity index (χ2v) is 8.59. The van der Waals surface area contributed by atoms with E-state index in [1.54, 1.807) is 7.11 Å². The van der Waals surface area contributed by atoms with E-state index < -0.39 is 11.2 Å². The molecule has 25 heavy (non-hydrogen) atoms. The minimum atomic E-state index is -1.11. The zero-order valence-corrected chi connectivity index (χ0v) is 15.8. The van der Waals surface area contributed by atoms with Crippen LogP contribution in [-0.4, -0.2) is 29.9 Å². The van der Waals surface area contributed by atoms with Crippen LogP contribution in [0.4, 0.5) is 0 Å². The molecule has 2 fully saturated rings. The van der Waals surface area contributed by atoms with Gasteiger partial charge in [0.2, 0.25) is 0 Å². The van der Waals surface area contributed by atoms with Crippen LogP contribution in [0.25, 0.3) is 0 Å². The third-order valence-corrected chi connectivity index (χ3v) is 6.10. The van der Waals surface area contributed by atoms with E-state index in [-0.39, 0.29) is 17.3 Å². The first-order chi connectivity index (χ1) is 11.7. The van der Waals surface area contributed by atoms with E-state index in [1.807, 2.05) is 39.0 Å². The maximum Gasteiger partial charge on any atom is 0.165 e. The summed E-state index contributed by atoms with van der Waals surface area (Å²) in [5.74, 6) is 0.0278. The van der Waals surface area contributed by atoms with Gasteiger partial charge >= 0.3 is 0 Å². The molecular formula is C21H30O4. The van der Waals surface area contributed by atoms with Crippen molar-refractivity contribution in [1.29, 1.82) is 0 Å². The van der Waals surface area contributed by atoms with Crippen molar-refractivity contribution in [1.82, 2.24) is 0 Å². The summed E-state index contributed by atoms with van der Waals surface area (Å²) in [5, 5.41) is 10.9. The molecule has 1 aliphatic heterocycles. The minimum Gasteiger partial charge on any atom is -0.497 e. The molecule has 4 nitrogen and oxygen atoms in total. The Kier molecular flexibility index (Phi) is 4.71.